The van der Waals surface area contributed by atoms with Crippen molar-refractivity contribution in [3.63, 3.8) is 0 Å². The van der Waals surface area contributed by atoms with Crippen LogP contribution in [0.5, 0.6) is 0 Å². The van der Waals surface area contributed by atoms with Crippen molar-refractivity contribution in [3.05, 3.63) is 0 Å². The number of carbonyl (C=O) groups excluding carboxylic acids is 1. The first-order valence-electron chi connectivity index (χ1n) is 5.31. The van der Waals surface area contributed by atoms with Gasteiger partial charge in [0.1, 0.15) is 0 Å². The second-order valence-electron chi connectivity index (χ2n) is 4.22. The fourth-order valence-corrected chi connectivity index (χ4v) is 2.35. The number of carbonyl (C=O) groups is 1. The van der Waals surface area contributed by atoms with Crippen molar-refractivity contribution in [2.45, 2.75) is 6.42 Å². The molecule has 2 saturated heterocycles. The Hall–Kier alpha value is -0.610. The van der Waals surface area contributed by atoms with Crippen LogP contribution in [0.15, 0.2) is 0 Å². The number of likely N-dealkylation sites (tertiary alicyclic amines) is 1. The highest BCUT2D eigenvalue weighted by Crippen LogP contribution is 2.28. The average Bonchev–Trinajstić information content (AvgIpc) is 2.64. The maximum absolute atomic E-state index is 11.6. The van der Waals surface area contributed by atoms with Crippen LogP contribution >= 0.6 is 0 Å². The van der Waals surface area contributed by atoms with E-state index in [1.54, 1.807) is 0 Å². The second-order valence-corrected chi connectivity index (χ2v) is 4.22. The van der Waals surface area contributed by atoms with Gasteiger partial charge in [0.15, 0.2) is 0 Å². The lowest BCUT2D eigenvalue weighted by Crippen LogP contribution is -2.46. The Labute approximate surface area is 84.6 Å². The van der Waals surface area contributed by atoms with Gasteiger partial charge in [0.25, 0.3) is 0 Å². The summed E-state index contributed by atoms with van der Waals surface area (Å²) < 4.78 is 5.43. The summed E-state index contributed by atoms with van der Waals surface area (Å²) in [5.74, 6) is 1.51. The molecule has 80 valence electrons. The lowest BCUT2D eigenvalue weighted by Gasteiger charge is -2.33. The third-order valence-corrected chi connectivity index (χ3v) is 3.24. The Morgan fingerprint density at radius 2 is 2.29 bits per heavy atom. The number of piperidine rings is 1. The Bertz CT molecular complexity index is 220. The van der Waals surface area contributed by atoms with Crippen molar-refractivity contribution in [1.82, 2.24) is 10.2 Å². The lowest BCUT2D eigenvalue weighted by molar-refractivity contribution is -0.132. The van der Waals surface area contributed by atoms with Crippen LogP contribution in [0.1, 0.15) is 6.42 Å². The average molecular weight is 198 g/mol. The van der Waals surface area contributed by atoms with Gasteiger partial charge in [0.2, 0.25) is 5.91 Å². The van der Waals surface area contributed by atoms with E-state index in [9.17, 15) is 4.79 Å². The number of nitrogens with one attached hydrogen (secondary N) is 1. The number of likely N-dealkylation sites (N-methyl/N-ethyl adjacent to an activating group) is 1. The number of hydrogen-bond donors (Lipinski definition) is 1. The van der Waals surface area contributed by atoms with Crippen LogP contribution < -0.4 is 5.32 Å². The van der Waals surface area contributed by atoms with Gasteiger partial charge in [-0.3, -0.25) is 4.79 Å². The van der Waals surface area contributed by atoms with Crippen LogP contribution in [0.2, 0.25) is 0 Å². The first-order chi connectivity index (χ1) is 6.81. The van der Waals surface area contributed by atoms with Crippen molar-refractivity contribution in [1.29, 1.82) is 0 Å². The second kappa shape index (κ2) is 4.28. The Kier molecular flexibility index (Phi) is 3.03. The molecular formula is C10H18N2O2. The summed E-state index contributed by atoms with van der Waals surface area (Å²) >= 11 is 0. The number of amides is 1. The monoisotopic (exact) mass is 198 g/mol. The van der Waals surface area contributed by atoms with Gasteiger partial charge in [-0.1, -0.05) is 0 Å². The topological polar surface area (TPSA) is 41.6 Å². The van der Waals surface area contributed by atoms with Crippen LogP contribution in [0.4, 0.5) is 0 Å². The highest BCUT2D eigenvalue weighted by Gasteiger charge is 2.34. The van der Waals surface area contributed by atoms with Crippen molar-refractivity contribution in [2.24, 2.45) is 11.8 Å². The molecule has 14 heavy (non-hydrogen) atoms. The number of fused-ring (bicyclic) bond motifs is 1. The normalized spacial score (nSPS) is 31.6. The summed E-state index contributed by atoms with van der Waals surface area (Å²) in [5.41, 5.74) is 0. The third-order valence-electron chi connectivity index (χ3n) is 3.24. The van der Waals surface area contributed by atoms with Crippen LogP contribution in [-0.2, 0) is 9.53 Å². The van der Waals surface area contributed by atoms with Crippen LogP contribution in [0.25, 0.3) is 0 Å². The summed E-state index contributed by atoms with van der Waals surface area (Å²) in [5, 5.41) is 2.90. The van der Waals surface area contributed by atoms with E-state index in [1.807, 2.05) is 11.9 Å². The molecule has 0 aromatic carbocycles. The molecule has 0 aromatic rings. The largest absolute Gasteiger partial charge is 0.381 e. The molecule has 0 saturated carbocycles. The quantitative estimate of drug-likeness (QED) is 0.662. The number of rotatable bonds is 2. The standard InChI is InChI=1S/C10H18N2O2/c1-11-4-10(13)12-3-2-8-6-14-7-9(8)5-12/h8-9,11H,2-7H2,1H3/t8-,9+/m1/s1. The molecule has 1 amide bonds. The van der Waals surface area contributed by atoms with Gasteiger partial charge in [0, 0.05) is 25.6 Å². The summed E-state index contributed by atoms with van der Waals surface area (Å²) in [6, 6.07) is 0. The van der Waals surface area contributed by atoms with Crippen molar-refractivity contribution in [2.75, 3.05) is 39.9 Å². The molecule has 1 N–H and O–H groups in total. The summed E-state index contributed by atoms with van der Waals surface area (Å²) in [6.07, 6.45) is 1.11. The van der Waals surface area contributed by atoms with Crippen molar-refractivity contribution in [3.8, 4) is 0 Å². The Morgan fingerprint density at radius 1 is 1.50 bits per heavy atom. The number of hydrogen-bond acceptors (Lipinski definition) is 3. The zero-order valence-corrected chi connectivity index (χ0v) is 8.66. The number of ether oxygens (including phenoxy) is 1. The molecule has 2 atom stereocenters. The smallest absolute Gasteiger partial charge is 0.236 e. The highest BCUT2D eigenvalue weighted by atomic mass is 16.5. The molecule has 4 heteroatoms. The molecule has 0 bridgehead atoms. The van der Waals surface area contributed by atoms with E-state index < -0.39 is 0 Å². The van der Waals surface area contributed by atoms with Gasteiger partial charge in [-0.15, -0.1) is 0 Å². The minimum Gasteiger partial charge on any atom is -0.381 e. The van der Waals surface area contributed by atoms with E-state index in [0.29, 0.717) is 18.4 Å². The van der Waals surface area contributed by atoms with E-state index in [1.165, 1.54) is 0 Å². The fraction of sp³-hybridized carbons (Fsp3) is 0.900. The zero-order valence-electron chi connectivity index (χ0n) is 8.66. The number of nitrogens with zero attached hydrogens (tertiary/aromatic N) is 1. The van der Waals surface area contributed by atoms with Gasteiger partial charge in [-0.25, -0.2) is 0 Å². The van der Waals surface area contributed by atoms with Crippen LogP contribution in [-0.4, -0.2) is 50.7 Å². The molecule has 2 aliphatic rings. The maximum Gasteiger partial charge on any atom is 0.236 e. The molecule has 0 aromatic heterocycles. The molecule has 0 unspecified atom stereocenters. The van der Waals surface area contributed by atoms with Crippen molar-refractivity contribution >= 4 is 5.91 Å². The van der Waals surface area contributed by atoms with E-state index in [2.05, 4.69) is 5.32 Å². The highest BCUT2D eigenvalue weighted by molar-refractivity contribution is 5.78. The van der Waals surface area contributed by atoms with E-state index in [0.717, 1.165) is 32.7 Å². The summed E-state index contributed by atoms with van der Waals surface area (Å²) in [6.45, 7) is 4.00. The zero-order chi connectivity index (χ0) is 9.97. The van der Waals surface area contributed by atoms with Crippen molar-refractivity contribution < 1.29 is 9.53 Å². The minimum atomic E-state index is 0.220. The van der Waals surface area contributed by atoms with E-state index >= 15 is 0 Å². The molecule has 4 nitrogen and oxygen atoms in total. The molecule has 2 rings (SSSR count). The first kappa shape index (κ1) is 9.93. The van der Waals surface area contributed by atoms with Gasteiger partial charge in [-0.2, -0.15) is 0 Å². The van der Waals surface area contributed by atoms with Gasteiger partial charge >= 0.3 is 0 Å². The molecule has 0 spiro atoms. The van der Waals surface area contributed by atoms with Gasteiger partial charge in [-0.05, 0) is 19.4 Å². The predicted molar refractivity (Wildman–Crippen MR) is 52.9 cm³/mol. The SMILES string of the molecule is CNCC(=O)N1CC[C@@H]2COC[C@@H]2C1. The van der Waals surface area contributed by atoms with Gasteiger partial charge in [0.05, 0.1) is 13.2 Å². The molecule has 2 heterocycles. The Morgan fingerprint density at radius 3 is 3.07 bits per heavy atom. The Balaban J connectivity index is 1.87. The molecule has 2 fully saturated rings. The van der Waals surface area contributed by atoms with Gasteiger partial charge < -0.3 is 15.0 Å². The molecule has 2 aliphatic heterocycles. The summed E-state index contributed by atoms with van der Waals surface area (Å²) in [7, 11) is 1.81. The fourth-order valence-electron chi connectivity index (χ4n) is 2.35. The lowest BCUT2D eigenvalue weighted by atomic mass is 9.89. The third kappa shape index (κ3) is 1.91. The van der Waals surface area contributed by atoms with E-state index in [4.69, 9.17) is 4.74 Å². The molecular weight excluding hydrogens is 180 g/mol. The van der Waals surface area contributed by atoms with Crippen LogP contribution in [0.3, 0.4) is 0 Å². The molecule has 0 radical (unpaired) electrons. The maximum atomic E-state index is 11.6. The summed E-state index contributed by atoms with van der Waals surface area (Å²) in [4.78, 5) is 13.6. The van der Waals surface area contributed by atoms with Crippen LogP contribution in [0, 0.1) is 11.8 Å². The minimum absolute atomic E-state index is 0.220. The molecule has 0 aliphatic carbocycles. The first-order valence-corrected chi connectivity index (χ1v) is 5.31. The van der Waals surface area contributed by atoms with E-state index in [-0.39, 0.29) is 5.91 Å². The predicted octanol–water partition coefficient (Wildman–Crippen LogP) is -0.299.